The van der Waals surface area contributed by atoms with Crippen molar-refractivity contribution in [2.75, 3.05) is 19.0 Å². The van der Waals surface area contributed by atoms with Crippen molar-refractivity contribution in [2.24, 2.45) is 0 Å². The summed E-state index contributed by atoms with van der Waals surface area (Å²) in [6, 6.07) is 5.52. The van der Waals surface area contributed by atoms with E-state index in [1.807, 2.05) is 0 Å². The van der Waals surface area contributed by atoms with Gasteiger partial charge in [-0.15, -0.1) is 0 Å². The first kappa shape index (κ1) is 14.1. The molecule has 4 heteroatoms. The highest BCUT2D eigenvalue weighted by atomic mass is 19.1. The maximum absolute atomic E-state index is 13.1. The van der Waals surface area contributed by atoms with Gasteiger partial charge >= 0.3 is 0 Å². The van der Waals surface area contributed by atoms with Crippen LogP contribution in [0.3, 0.4) is 0 Å². The molecule has 2 N–H and O–H groups in total. The molecule has 0 aromatic heterocycles. The van der Waals surface area contributed by atoms with Crippen molar-refractivity contribution < 1.29 is 9.13 Å². The molecule has 1 heterocycles. The van der Waals surface area contributed by atoms with Crippen LogP contribution in [-0.2, 0) is 0 Å². The zero-order valence-electron chi connectivity index (χ0n) is 11.7. The minimum atomic E-state index is -0.274. The summed E-state index contributed by atoms with van der Waals surface area (Å²) in [5.74, 6) is 0.285. The monoisotopic (exact) mass is 266 g/mol. The van der Waals surface area contributed by atoms with Gasteiger partial charge in [-0.25, -0.2) is 4.39 Å². The Morgan fingerprint density at radius 3 is 3.00 bits per heavy atom. The molecule has 1 aliphatic heterocycles. The average molecular weight is 266 g/mol. The molecule has 1 saturated heterocycles. The lowest BCUT2D eigenvalue weighted by molar-refractivity contribution is 0.370. The first-order chi connectivity index (χ1) is 9.19. The molecule has 0 amide bonds. The van der Waals surface area contributed by atoms with E-state index in [0.29, 0.717) is 17.8 Å². The van der Waals surface area contributed by atoms with Gasteiger partial charge in [0.1, 0.15) is 11.6 Å². The molecule has 2 rings (SSSR count). The Balaban J connectivity index is 1.92. The molecule has 1 aromatic rings. The van der Waals surface area contributed by atoms with Gasteiger partial charge in [-0.3, -0.25) is 0 Å². The summed E-state index contributed by atoms with van der Waals surface area (Å²) in [6.07, 6.45) is 4.90. The van der Waals surface area contributed by atoms with Gasteiger partial charge in [-0.05, 0) is 44.9 Å². The van der Waals surface area contributed by atoms with E-state index in [2.05, 4.69) is 17.6 Å². The second-order valence-corrected chi connectivity index (χ2v) is 5.27. The highest BCUT2D eigenvalue weighted by Crippen LogP contribution is 2.26. The molecule has 3 nitrogen and oxygen atoms in total. The van der Waals surface area contributed by atoms with Crippen molar-refractivity contribution >= 4 is 5.69 Å². The molecule has 19 heavy (non-hydrogen) atoms. The van der Waals surface area contributed by atoms with Gasteiger partial charge in [0.05, 0.1) is 12.8 Å². The molecule has 2 atom stereocenters. The van der Waals surface area contributed by atoms with Crippen LogP contribution < -0.4 is 15.4 Å². The smallest absolute Gasteiger partial charge is 0.144 e. The molecule has 0 aliphatic carbocycles. The minimum Gasteiger partial charge on any atom is -0.494 e. The maximum atomic E-state index is 13.1. The van der Waals surface area contributed by atoms with Crippen molar-refractivity contribution in [1.29, 1.82) is 0 Å². The molecule has 0 spiro atoms. The summed E-state index contributed by atoms with van der Waals surface area (Å²) < 4.78 is 18.3. The Kier molecular flexibility index (Phi) is 5.02. The molecule has 106 valence electrons. The summed E-state index contributed by atoms with van der Waals surface area (Å²) in [7, 11) is 1.56. The fraction of sp³-hybridized carbons (Fsp3) is 0.600. The maximum Gasteiger partial charge on any atom is 0.144 e. The summed E-state index contributed by atoms with van der Waals surface area (Å²) in [6.45, 7) is 3.27. The lowest BCUT2D eigenvalue weighted by atomic mass is 9.98. The topological polar surface area (TPSA) is 33.3 Å². The Bertz CT molecular complexity index is 405. The summed E-state index contributed by atoms with van der Waals surface area (Å²) in [5.41, 5.74) is 0.854. The number of ether oxygens (including phenoxy) is 1. The number of nitrogens with one attached hydrogen (secondary N) is 2. The number of hydrogen-bond donors (Lipinski definition) is 2. The van der Waals surface area contributed by atoms with Crippen molar-refractivity contribution in [3.05, 3.63) is 24.0 Å². The van der Waals surface area contributed by atoms with Crippen LogP contribution in [0.25, 0.3) is 0 Å². The average Bonchev–Trinajstić information content (AvgIpc) is 2.42. The predicted octanol–water partition coefficient (Wildman–Crippen LogP) is 3.17. The van der Waals surface area contributed by atoms with Gasteiger partial charge in [-0.1, -0.05) is 6.42 Å². The first-order valence-corrected chi connectivity index (χ1v) is 7.02. The van der Waals surface area contributed by atoms with Crippen LogP contribution in [-0.4, -0.2) is 25.7 Å². The van der Waals surface area contributed by atoms with E-state index in [0.717, 1.165) is 18.7 Å². The summed E-state index contributed by atoms with van der Waals surface area (Å²) in [5, 5.41) is 6.95. The van der Waals surface area contributed by atoms with Gasteiger partial charge in [0.2, 0.25) is 0 Å². The molecular weight excluding hydrogens is 243 g/mol. The third-order valence-electron chi connectivity index (χ3n) is 3.62. The van der Waals surface area contributed by atoms with E-state index in [1.165, 1.54) is 31.4 Å². The Morgan fingerprint density at radius 1 is 1.47 bits per heavy atom. The molecular formula is C15H23FN2O. The van der Waals surface area contributed by atoms with E-state index in [-0.39, 0.29) is 5.82 Å². The third kappa shape index (κ3) is 4.10. The minimum absolute atomic E-state index is 0.274. The van der Waals surface area contributed by atoms with Crippen LogP contribution in [0.15, 0.2) is 18.2 Å². The summed E-state index contributed by atoms with van der Waals surface area (Å²) >= 11 is 0. The van der Waals surface area contributed by atoms with E-state index >= 15 is 0 Å². The number of piperidine rings is 1. The van der Waals surface area contributed by atoms with Gasteiger partial charge in [0.25, 0.3) is 0 Å². The second-order valence-electron chi connectivity index (χ2n) is 5.27. The fourth-order valence-corrected chi connectivity index (χ4v) is 2.66. The molecule has 1 fully saturated rings. The van der Waals surface area contributed by atoms with Crippen molar-refractivity contribution in [2.45, 2.75) is 44.7 Å². The number of anilines is 1. The highest BCUT2D eigenvalue weighted by molar-refractivity contribution is 5.56. The van der Waals surface area contributed by atoms with Crippen LogP contribution >= 0.6 is 0 Å². The number of methoxy groups -OCH3 is 1. The van der Waals surface area contributed by atoms with E-state index < -0.39 is 0 Å². The standard InChI is InChI=1S/C15H23FN2O/c1-11(9-13-5-3-4-8-17-13)18-14-7-6-12(16)10-15(14)19-2/h6-7,10-11,13,17-18H,3-5,8-9H2,1-2H3. The van der Waals surface area contributed by atoms with Crippen LogP contribution in [0.2, 0.25) is 0 Å². The van der Waals surface area contributed by atoms with Gasteiger partial charge in [0, 0.05) is 18.2 Å². The normalized spacial score (nSPS) is 20.9. The quantitative estimate of drug-likeness (QED) is 0.859. The molecule has 1 aromatic carbocycles. The molecule has 0 radical (unpaired) electrons. The third-order valence-corrected chi connectivity index (χ3v) is 3.62. The molecule has 1 aliphatic rings. The van der Waals surface area contributed by atoms with Crippen LogP contribution in [0.1, 0.15) is 32.6 Å². The fourth-order valence-electron chi connectivity index (χ4n) is 2.66. The Labute approximate surface area is 114 Å². The Morgan fingerprint density at radius 2 is 2.32 bits per heavy atom. The van der Waals surface area contributed by atoms with Crippen molar-refractivity contribution in [1.82, 2.24) is 5.32 Å². The molecule has 2 unspecified atom stereocenters. The predicted molar refractivity (Wildman–Crippen MR) is 76.3 cm³/mol. The number of rotatable bonds is 5. The van der Waals surface area contributed by atoms with Crippen molar-refractivity contribution in [3.63, 3.8) is 0 Å². The zero-order valence-corrected chi connectivity index (χ0v) is 11.7. The van der Waals surface area contributed by atoms with Crippen LogP contribution in [0.5, 0.6) is 5.75 Å². The van der Waals surface area contributed by atoms with Gasteiger partial charge in [0.15, 0.2) is 0 Å². The van der Waals surface area contributed by atoms with Crippen molar-refractivity contribution in [3.8, 4) is 5.75 Å². The number of halogens is 1. The van der Waals surface area contributed by atoms with E-state index in [4.69, 9.17) is 4.74 Å². The lowest BCUT2D eigenvalue weighted by Gasteiger charge is -2.27. The number of hydrogen-bond acceptors (Lipinski definition) is 3. The van der Waals surface area contributed by atoms with Gasteiger partial charge in [-0.2, -0.15) is 0 Å². The largest absolute Gasteiger partial charge is 0.494 e. The zero-order chi connectivity index (χ0) is 13.7. The highest BCUT2D eigenvalue weighted by Gasteiger charge is 2.16. The molecule has 0 bridgehead atoms. The summed E-state index contributed by atoms with van der Waals surface area (Å²) in [4.78, 5) is 0. The first-order valence-electron chi connectivity index (χ1n) is 7.02. The SMILES string of the molecule is COc1cc(F)ccc1NC(C)CC1CCCCN1. The van der Waals surface area contributed by atoms with E-state index in [1.54, 1.807) is 13.2 Å². The Hall–Kier alpha value is -1.29. The van der Waals surface area contributed by atoms with E-state index in [9.17, 15) is 4.39 Å². The molecule has 0 saturated carbocycles. The van der Waals surface area contributed by atoms with Crippen LogP contribution in [0, 0.1) is 5.82 Å². The van der Waals surface area contributed by atoms with Crippen LogP contribution in [0.4, 0.5) is 10.1 Å². The lowest BCUT2D eigenvalue weighted by Crippen LogP contribution is -2.37. The second kappa shape index (κ2) is 6.75. The van der Waals surface area contributed by atoms with Gasteiger partial charge < -0.3 is 15.4 Å². The number of benzene rings is 1.